The minimum atomic E-state index is -0.634. The summed E-state index contributed by atoms with van der Waals surface area (Å²) in [5.74, 6) is -1.61. The molecule has 10 nitrogen and oxygen atoms in total. The number of ketones is 2. The molecule has 2 atom stereocenters. The van der Waals surface area contributed by atoms with Crippen LogP contribution in [0.2, 0.25) is 0 Å². The predicted molar refractivity (Wildman–Crippen MR) is 209 cm³/mol. The number of aromatic nitrogens is 2. The number of carbonyl (C=O) groups is 4. The summed E-state index contributed by atoms with van der Waals surface area (Å²) in [5, 5.41) is 6.88. The molecule has 0 saturated heterocycles. The number of amides is 2. The Morgan fingerprint density at radius 1 is 0.472 bits per heavy atom. The highest BCUT2D eigenvalue weighted by Gasteiger charge is 2.25. The summed E-state index contributed by atoms with van der Waals surface area (Å²) in [6.07, 6.45) is 19.3. The van der Waals surface area contributed by atoms with Gasteiger partial charge in [0.2, 0.25) is 11.8 Å². The van der Waals surface area contributed by atoms with Crippen LogP contribution < -0.4 is 22.1 Å². The lowest BCUT2D eigenvalue weighted by Gasteiger charge is -2.19. The van der Waals surface area contributed by atoms with E-state index in [0.29, 0.717) is 25.9 Å². The summed E-state index contributed by atoms with van der Waals surface area (Å²) in [4.78, 5) is 59.0. The smallest absolute Gasteiger partial charge is 0.249 e. The van der Waals surface area contributed by atoms with Crippen LogP contribution in [0.4, 0.5) is 0 Å². The molecule has 10 heteroatoms. The van der Waals surface area contributed by atoms with Gasteiger partial charge in [-0.3, -0.25) is 29.1 Å². The van der Waals surface area contributed by atoms with Gasteiger partial charge in [0.05, 0.1) is 34.3 Å². The number of pyridine rings is 2. The summed E-state index contributed by atoms with van der Waals surface area (Å²) < 4.78 is 0. The van der Waals surface area contributed by atoms with E-state index in [-0.39, 0.29) is 33.8 Å². The van der Waals surface area contributed by atoms with Crippen molar-refractivity contribution in [3.8, 4) is 0 Å². The van der Waals surface area contributed by atoms with E-state index >= 15 is 0 Å². The molecule has 0 aliphatic rings. The van der Waals surface area contributed by atoms with Gasteiger partial charge in [-0.1, -0.05) is 118 Å². The first-order chi connectivity index (χ1) is 25.8. The summed E-state index contributed by atoms with van der Waals surface area (Å²) in [5.41, 5.74) is 14.1. The van der Waals surface area contributed by atoms with Crippen molar-refractivity contribution in [1.82, 2.24) is 20.6 Å². The maximum Gasteiger partial charge on any atom is 0.249 e. The minimum Gasteiger partial charge on any atom is -0.366 e. The molecule has 4 aromatic rings. The fraction of sp³-hybridized carbons (Fsp3) is 0.395. The van der Waals surface area contributed by atoms with Crippen LogP contribution in [0.25, 0.3) is 0 Å². The van der Waals surface area contributed by atoms with Gasteiger partial charge in [-0.2, -0.15) is 0 Å². The Morgan fingerprint density at radius 3 is 1.15 bits per heavy atom. The molecule has 0 fully saturated rings. The van der Waals surface area contributed by atoms with Gasteiger partial charge in [0.25, 0.3) is 0 Å². The van der Waals surface area contributed by atoms with Crippen molar-refractivity contribution in [2.45, 2.75) is 95.6 Å². The number of primary amides is 2. The molecule has 2 unspecified atom stereocenters. The molecule has 2 heterocycles. The van der Waals surface area contributed by atoms with Gasteiger partial charge < -0.3 is 22.1 Å². The van der Waals surface area contributed by atoms with Crippen molar-refractivity contribution in [1.29, 1.82) is 0 Å². The van der Waals surface area contributed by atoms with Crippen LogP contribution in [0, 0.1) is 0 Å². The van der Waals surface area contributed by atoms with Crippen LogP contribution in [-0.4, -0.2) is 58.5 Å². The summed E-state index contributed by atoms with van der Waals surface area (Å²) in [6, 6.07) is 21.8. The second-order valence-corrected chi connectivity index (χ2v) is 13.6. The number of nitrogens with two attached hydrogens (primary N) is 2. The minimum absolute atomic E-state index is 0.171. The first kappa shape index (κ1) is 40.7. The van der Waals surface area contributed by atoms with Crippen LogP contribution in [0.5, 0.6) is 0 Å². The lowest BCUT2D eigenvalue weighted by Crippen LogP contribution is -2.40. The average molecular weight is 719 g/mol. The normalized spacial score (nSPS) is 12.2. The average Bonchev–Trinajstić information content (AvgIpc) is 3.18. The SMILES string of the molecule is NC(=O)c1ccncc1C(=O)C(Cc1ccccc1)NCCCCCCCCCCCCCNC(Cc1ccccc1)C(=O)c1cnccc1C(N)=O. The molecule has 2 aromatic carbocycles. The second kappa shape index (κ2) is 22.8. The summed E-state index contributed by atoms with van der Waals surface area (Å²) >= 11 is 0. The standard InChI is InChI=1S/C43H54N6O4/c44-42(52)34-22-26-46-30-36(34)40(50)38(28-32-18-12-10-13-19-32)48-24-16-8-6-4-2-1-3-5-7-9-17-25-49-39(29-33-20-14-11-15-21-33)41(51)37-31-47-27-23-35(37)43(45)53/h10-15,18-23,26-27,30-31,38-39,48-49H,1-9,16-17,24-25,28-29H2,(H2,44,52)(H2,45,53). The second-order valence-electron chi connectivity index (χ2n) is 13.6. The lowest BCUT2D eigenvalue weighted by atomic mass is 9.95. The molecular formula is C43H54N6O4. The van der Waals surface area contributed by atoms with E-state index < -0.39 is 23.9 Å². The molecule has 53 heavy (non-hydrogen) atoms. The van der Waals surface area contributed by atoms with Crippen LogP contribution in [0.15, 0.2) is 97.6 Å². The molecule has 0 spiro atoms. The molecule has 0 aliphatic carbocycles. The van der Waals surface area contributed by atoms with Gasteiger partial charge in [0.1, 0.15) is 0 Å². The zero-order chi connectivity index (χ0) is 37.7. The zero-order valence-corrected chi connectivity index (χ0v) is 30.7. The molecule has 0 radical (unpaired) electrons. The Kier molecular flexibility index (Phi) is 17.5. The summed E-state index contributed by atoms with van der Waals surface area (Å²) in [7, 11) is 0. The largest absolute Gasteiger partial charge is 0.366 e. The fourth-order valence-corrected chi connectivity index (χ4v) is 6.60. The summed E-state index contributed by atoms with van der Waals surface area (Å²) in [6.45, 7) is 1.42. The van der Waals surface area contributed by atoms with Crippen molar-refractivity contribution in [3.63, 3.8) is 0 Å². The molecule has 2 aromatic heterocycles. The monoisotopic (exact) mass is 718 g/mol. The Hall–Kier alpha value is -5.06. The van der Waals surface area contributed by atoms with E-state index in [1.54, 1.807) is 0 Å². The van der Waals surface area contributed by atoms with Gasteiger partial charge in [-0.05, 0) is 62.0 Å². The van der Waals surface area contributed by atoms with Crippen molar-refractivity contribution in [3.05, 3.63) is 131 Å². The van der Waals surface area contributed by atoms with Gasteiger partial charge in [-0.25, -0.2) is 0 Å². The van der Waals surface area contributed by atoms with Crippen LogP contribution in [-0.2, 0) is 12.8 Å². The number of Topliss-reactive ketones (excluding diaryl/α,β-unsaturated/α-hetero) is 2. The van der Waals surface area contributed by atoms with E-state index in [4.69, 9.17) is 11.5 Å². The Labute approximate surface area is 313 Å². The topological polar surface area (TPSA) is 170 Å². The van der Waals surface area contributed by atoms with Gasteiger partial charge in [0, 0.05) is 24.8 Å². The first-order valence-electron chi connectivity index (χ1n) is 19.0. The van der Waals surface area contributed by atoms with Crippen molar-refractivity contribution >= 4 is 23.4 Å². The third-order valence-electron chi connectivity index (χ3n) is 9.54. The van der Waals surface area contributed by atoms with Crippen LogP contribution >= 0.6 is 0 Å². The molecular weight excluding hydrogens is 665 g/mol. The van der Waals surface area contributed by atoms with Crippen LogP contribution in [0.3, 0.4) is 0 Å². The number of rotatable bonds is 26. The number of nitrogens with zero attached hydrogens (tertiary/aromatic N) is 2. The lowest BCUT2D eigenvalue weighted by molar-refractivity contribution is 0.0925. The number of hydrogen-bond acceptors (Lipinski definition) is 8. The molecule has 0 aliphatic heterocycles. The Balaban J connectivity index is 1.08. The zero-order valence-electron chi connectivity index (χ0n) is 30.7. The van der Waals surface area contributed by atoms with E-state index in [1.165, 1.54) is 69.0 Å². The van der Waals surface area contributed by atoms with E-state index in [1.807, 2.05) is 60.7 Å². The highest BCUT2D eigenvalue weighted by atomic mass is 16.2. The maximum atomic E-state index is 13.5. The Morgan fingerprint density at radius 2 is 0.811 bits per heavy atom. The van der Waals surface area contributed by atoms with Gasteiger partial charge in [0.15, 0.2) is 11.6 Å². The highest BCUT2D eigenvalue weighted by Crippen LogP contribution is 2.16. The van der Waals surface area contributed by atoms with Crippen molar-refractivity contribution < 1.29 is 19.2 Å². The van der Waals surface area contributed by atoms with Gasteiger partial charge in [-0.15, -0.1) is 0 Å². The molecule has 0 saturated carbocycles. The molecule has 4 rings (SSSR count). The van der Waals surface area contributed by atoms with Gasteiger partial charge >= 0.3 is 0 Å². The van der Waals surface area contributed by atoms with Crippen LogP contribution in [0.1, 0.15) is 123 Å². The van der Waals surface area contributed by atoms with E-state index in [2.05, 4.69) is 20.6 Å². The molecule has 0 bridgehead atoms. The molecule has 280 valence electrons. The third kappa shape index (κ3) is 13.8. The maximum absolute atomic E-state index is 13.5. The molecule has 2 amide bonds. The highest BCUT2D eigenvalue weighted by molar-refractivity contribution is 6.10. The number of hydrogen-bond donors (Lipinski definition) is 4. The first-order valence-corrected chi connectivity index (χ1v) is 19.0. The van der Waals surface area contributed by atoms with Crippen molar-refractivity contribution in [2.75, 3.05) is 13.1 Å². The quantitative estimate of drug-likeness (QED) is 0.0425. The van der Waals surface area contributed by atoms with E-state index in [0.717, 1.165) is 49.7 Å². The number of carbonyl (C=O) groups excluding carboxylic acids is 4. The number of unbranched alkanes of at least 4 members (excludes halogenated alkanes) is 10. The van der Waals surface area contributed by atoms with E-state index in [9.17, 15) is 19.2 Å². The Bertz CT molecular complexity index is 1610. The number of nitrogens with one attached hydrogen (secondary N) is 2. The number of benzene rings is 2. The predicted octanol–water partition coefficient (Wildman–Crippen LogP) is 6.43. The van der Waals surface area contributed by atoms with Crippen molar-refractivity contribution in [2.24, 2.45) is 11.5 Å². The third-order valence-corrected chi connectivity index (χ3v) is 9.54. The fourth-order valence-electron chi connectivity index (χ4n) is 6.60. The molecule has 6 N–H and O–H groups in total.